The summed E-state index contributed by atoms with van der Waals surface area (Å²) in [6.45, 7) is 2.31. The molecule has 1 unspecified atom stereocenters. The van der Waals surface area contributed by atoms with Gasteiger partial charge in [0.25, 0.3) is 5.92 Å². The molecule has 0 radical (unpaired) electrons. The predicted octanol–water partition coefficient (Wildman–Crippen LogP) is 2.20. The van der Waals surface area contributed by atoms with Crippen LogP contribution in [0.15, 0.2) is 12.1 Å². The Balaban J connectivity index is 3.54. The minimum absolute atomic E-state index is 0.0732. The molecule has 1 aromatic rings. The Labute approximate surface area is 103 Å². The van der Waals surface area contributed by atoms with Crippen molar-refractivity contribution in [1.82, 2.24) is 0 Å². The minimum atomic E-state index is -3.13. The summed E-state index contributed by atoms with van der Waals surface area (Å²) in [4.78, 5) is 10.9. The molecule has 1 atom stereocenters. The molecule has 18 heavy (non-hydrogen) atoms. The van der Waals surface area contributed by atoms with Crippen LogP contribution >= 0.6 is 0 Å². The molecule has 3 N–H and O–H groups in total. The third-order valence-corrected chi connectivity index (χ3v) is 2.67. The second kappa shape index (κ2) is 4.89. The number of halogens is 2. The first-order valence-electron chi connectivity index (χ1n) is 5.24. The van der Waals surface area contributed by atoms with Gasteiger partial charge in [0, 0.05) is 12.5 Å². The summed E-state index contributed by atoms with van der Waals surface area (Å²) in [6.07, 6.45) is 0. The molecule has 0 aliphatic carbocycles. The molecule has 0 saturated carbocycles. The molecule has 0 spiro atoms. The first-order valence-corrected chi connectivity index (χ1v) is 5.24. The maximum Gasteiger partial charge on any atom is 0.325 e. The van der Waals surface area contributed by atoms with Crippen molar-refractivity contribution in [2.75, 3.05) is 7.11 Å². The summed E-state index contributed by atoms with van der Waals surface area (Å²) in [5.74, 6) is -4.60. The number of aliphatic carboxylic acids is 1. The van der Waals surface area contributed by atoms with Crippen molar-refractivity contribution in [3.05, 3.63) is 28.8 Å². The van der Waals surface area contributed by atoms with Gasteiger partial charge in [-0.05, 0) is 18.6 Å². The van der Waals surface area contributed by atoms with Crippen molar-refractivity contribution >= 4 is 5.97 Å². The SMILES string of the molecule is COc1c(C(C)(F)F)ccc(C)c1C(N)C(=O)O. The number of nitrogens with two attached hydrogens (primary N) is 1. The molecule has 1 rings (SSSR count). The van der Waals surface area contributed by atoms with Crippen molar-refractivity contribution < 1.29 is 23.4 Å². The Morgan fingerprint density at radius 2 is 2.06 bits per heavy atom. The van der Waals surface area contributed by atoms with Crippen LogP contribution in [0, 0.1) is 6.92 Å². The first-order chi connectivity index (χ1) is 8.20. The first kappa shape index (κ1) is 14.4. The lowest BCUT2D eigenvalue weighted by Crippen LogP contribution is -2.24. The molecule has 0 aromatic heterocycles. The molecule has 0 amide bonds. The van der Waals surface area contributed by atoms with Crippen LogP contribution in [-0.4, -0.2) is 18.2 Å². The molecule has 0 aliphatic rings. The van der Waals surface area contributed by atoms with E-state index < -0.39 is 17.9 Å². The molecule has 100 valence electrons. The third-order valence-electron chi connectivity index (χ3n) is 2.67. The fraction of sp³-hybridized carbons (Fsp3) is 0.417. The summed E-state index contributed by atoms with van der Waals surface area (Å²) < 4.78 is 31.8. The van der Waals surface area contributed by atoms with Crippen molar-refractivity contribution in [3.63, 3.8) is 0 Å². The van der Waals surface area contributed by atoms with Gasteiger partial charge in [-0.25, -0.2) is 8.78 Å². The van der Waals surface area contributed by atoms with Crippen LogP contribution < -0.4 is 10.5 Å². The number of hydrogen-bond acceptors (Lipinski definition) is 3. The van der Waals surface area contributed by atoms with Gasteiger partial charge in [-0.2, -0.15) is 0 Å². The Hall–Kier alpha value is -1.69. The fourth-order valence-corrected chi connectivity index (χ4v) is 1.77. The van der Waals surface area contributed by atoms with E-state index in [-0.39, 0.29) is 16.9 Å². The van der Waals surface area contributed by atoms with E-state index >= 15 is 0 Å². The van der Waals surface area contributed by atoms with Gasteiger partial charge in [-0.15, -0.1) is 0 Å². The highest BCUT2D eigenvalue weighted by Gasteiger charge is 2.33. The van der Waals surface area contributed by atoms with E-state index in [0.29, 0.717) is 5.56 Å². The van der Waals surface area contributed by atoms with Crippen LogP contribution in [0.5, 0.6) is 5.75 Å². The van der Waals surface area contributed by atoms with E-state index in [1.165, 1.54) is 19.2 Å². The largest absolute Gasteiger partial charge is 0.496 e. The molecular weight excluding hydrogens is 244 g/mol. The lowest BCUT2D eigenvalue weighted by atomic mass is 9.95. The molecule has 6 heteroatoms. The van der Waals surface area contributed by atoms with Gasteiger partial charge in [0.05, 0.1) is 12.7 Å². The summed E-state index contributed by atoms with van der Waals surface area (Å²) in [5, 5.41) is 8.91. The number of hydrogen-bond donors (Lipinski definition) is 2. The van der Waals surface area contributed by atoms with Crippen molar-refractivity contribution in [3.8, 4) is 5.75 Å². The molecule has 0 bridgehead atoms. The van der Waals surface area contributed by atoms with Crippen LogP contribution in [-0.2, 0) is 10.7 Å². The van der Waals surface area contributed by atoms with Gasteiger partial charge in [-0.1, -0.05) is 6.07 Å². The van der Waals surface area contributed by atoms with E-state index in [9.17, 15) is 13.6 Å². The maximum absolute atomic E-state index is 13.4. The molecule has 4 nitrogen and oxygen atoms in total. The lowest BCUT2D eigenvalue weighted by Gasteiger charge is -2.21. The number of aryl methyl sites for hydroxylation is 1. The van der Waals surface area contributed by atoms with E-state index in [1.807, 2.05) is 0 Å². The van der Waals surface area contributed by atoms with Crippen LogP contribution in [0.1, 0.15) is 29.7 Å². The summed E-state index contributed by atoms with van der Waals surface area (Å²) >= 11 is 0. The Morgan fingerprint density at radius 1 is 1.50 bits per heavy atom. The molecule has 0 heterocycles. The zero-order valence-corrected chi connectivity index (χ0v) is 10.3. The second-order valence-corrected chi connectivity index (χ2v) is 4.08. The van der Waals surface area contributed by atoms with Crippen LogP contribution in [0.4, 0.5) is 8.78 Å². The second-order valence-electron chi connectivity index (χ2n) is 4.08. The Bertz CT molecular complexity index is 469. The van der Waals surface area contributed by atoms with E-state index in [1.54, 1.807) is 6.92 Å². The van der Waals surface area contributed by atoms with Gasteiger partial charge in [0.1, 0.15) is 11.8 Å². The third kappa shape index (κ3) is 2.59. The van der Waals surface area contributed by atoms with Crippen molar-refractivity contribution in [2.24, 2.45) is 5.73 Å². The number of alkyl halides is 2. The number of rotatable bonds is 4. The zero-order valence-electron chi connectivity index (χ0n) is 10.3. The van der Waals surface area contributed by atoms with Gasteiger partial charge in [0.2, 0.25) is 0 Å². The number of benzene rings is 1. The minimum Gasteiger partial charge on any atom is -0.496 e. The average molecular weight is 259 g/mol. The van der Waals surface area contributed by atoms with Gasteiger partial charge in [0.15, 0.2) is 0 Å². The van der Waals surface area contributed by atoms with Crippen LogP contribution in [0.3, 0.4) is 0 Å². The fourth-order valence-electron chi connectivity index (χ4n) is 1.77. The predicted molar refractivity (Wildman–Crippen MR) is 61.9 cm³/mol. The lowest BCUT2D eigenvalue weighted by molar-refractivity contribution is -0.138. The van der Waals surface area contributed by atoms with Crippen LogP contribution in [0.2, 0.25) is 0 Å². The summed E-state index contributed by atoms with van der Waals surface area (Å²) in [7, 11) is 1.21. The smallest absolute Gasteiger partial charge is 0.325 e. The zero-order chi connectivity index (χ0) is 14.1. The molecule has 0 saturated heterocycles. The number of carbonyl (C=O) groups is 1. The van der Waals surface area contributed by atoms with Crippen LogP contribution in [0.25, 0.3) is 0 Å². The molecule has 0 aliphatic heterocycles. The quantitative estimate of drug-likeness (QED) is 0.869. The maximum atomic E-state index is 13.4. The van der Waals surface area contributed by atoms with E-state index in [4.69, 9.17) is 15.6 Å². The topological polar surface area (TPSA) is 72.5 Å². The Kier molecular flexibility index (Phi) is 3.91. The summed E-state index contributed by atoms with van der Waals surface area (Å²) in [6, 6.07) is 1.22. The number of methoxy groups -OCH3 is 1. The number of ether oxygens (including phenoxy) is 1. The summed E-state index contributed by atoms with van der Waals surface area (Å²) in [5.41, 5.74) is 5.70. The molecule has 0 fully saturated rings. The van der Waals surface area contributed by atoms with Crippen molar-refractivity contribution in [2.45, 2.75) is 25.8 Å². The van der Waals surface area contributed by atoms with Gasteiger partial charge in [-0.3, -0.25) is 4.79 Å². The molecule has 1 aromatic carbocycles. The number of carboxylic acids is 1. The van der Waals surface area contributed by atoms with E-state index in [0.717, 1.165) is 6.92 Å². The highest BCUT2D eigenvalue weighted by Crippen LogP contribution is 2.39. The highest BCUT2D eigenvalue weighted by atomic mass is 19.3. The Morgan fingerprint density at radius 3 is 2.44 bits per heavy atom. The van der Waals surface area contributed by atoms with E-state index in [2.05, 4.69) is 0 Å². The van der Waals surface area contributed by atoms with Gasteiger partial charge >= 0.3 is 5.97 Å². The highest BCUT2D eigenvalue weighted by molar-refractivity contribution is 5.77. The molecular formula is C12H15F2NO3. The average Bonchev–Trinajstić information content (AvgIpc) is 2.25. The normalized spacial score (nSPS) is 13.2. The number of carboxylic acid groups (broad SMARTS) is 1. The standard InChI is InChI=1S/C12H15F2NO3/c1-6-4-5-7(12(2,13)14)10(18-3)8(6)9(15)11(16)17/h4-5,9H,15H2,1-3H3,(H,16,17). The van der Waals surface area contributed by atoms with Crippen molar-refractivity contribution in [1.29, 1.82) is 0 Å². The van der Waals surface area contributed by atoms with Gasteiger partial charge < -0.3 is 15.6 Å². The monoisotopic (exact) mass is 259 g/mol.